The van der Waals surface area contributed by atoms with Gasteiger partial charge in [0.05, 0.1) is 6.54 Å². The first-order valence-corrected chi connectivity index (χ1v) is 8.10. The van der Waals surface area contributed by atoms with Gasteiger partial charge in [0, 0.05) is 5.92 Å². The Labute approximate surface area is 145 Å². The largest absolute Gasteiger partial charge is 0.486 e. The van der Waals surface area contributed by atoms with Crippen molar-refractivity contribution in [3.8, 4) is 11.5 Å². The van der Waals surface area contributed by atoms with E-state index < -0.39 is 12.0 Å². The zero-order valence-electron chi connectivity index (χ0n) is 14.4. The molecular weight excluding hydrogens is 326 g/mol. The number of carboxylic acids is 1. The SMILES string of the molecule is CC(C)c1nc(CN(C)C(C(=O)O)c2ccc3c(c2)OCCO3)no1. The number of benzene rings is 1. The van der Waals surface area contributed by atoms with Crippen LogP contribution in [0.3, 0.4) is 0 Å². The maximum absolute atomic E-state index is 11.8. The quantitative estimate of drug-likeness (QED) is 0.849. The van der Waals surface area contributed by atoms with Gasteiger partial charge < -0.3 is 19.1 Å². The summed E-state index contributed by atoms with van der Waals surface area (Å²) in [5, 5.41) is 13.6. The number of fused-ring (bicyclic) bond motifs is 1. The number of aromatic nitrogens is 2. The predicted octanol–water partition coefficient (Wildman–Crippen LogP) is 2.22. The molecule has 134 valence electrons. The maximum Gasteiger partial charge on any atom is 0.325 e. The van der Waals surface area contributed by atoms with Crippen LogP contribution < -0.4 is 9.47 Å². The second kappa shape index (κ2) is 7.10. The summed E-state index contributed by atoms with van der Waals surface area (Å²) in [5.41, 5.74) is 0.604. The molecule has 1 N–H and O–H groups in total. The van der Waals surface area contributed by atoms with Gasteiger partial charge in [-0.1, -0.05) is 25.1 Å². The molecule has 8 heteroatoms. The Hall–Kier alpha value is -2.61. The maximum atomic E-state index is 11.8. The number of likely N-dealkylation sites (N-methyl/N-ethyl adjacent to an activating group) is 1. The van der Waals surface area contributed by atoms with Crippen molar-refractivity contribution < 1.29 is 23.9 Å². The van der Waals surface area contributed by atoms with Crippen LogP contribution >= 0.6 is 0 Å². The second-order valence-corrected chi connectivity index (χ2v) is 6.26. The van der Waals surface area contributed by atoms with Gasteiger partial charge in [-0.25, -0.2) is 0 Å². The van der Waals surface area contributed by atoms with Gasteiger partial charge in [-0.15, -0.1) is 0 Å². The molecule has 0 radical (unpaired) electrons. The molecule has 1 aliphatic heterocycles. The summed E-state index contributed by atoms with van der Waals surface area (Å²) in [5.74, 6) is 1.34. The van der Waals surface area contributed by atoms with Gasteiger partial charge in [-0.05, 0) is 24.7 Å². The van der Waals surface area contributed by atoms with Crippen LogP contribution in [0.5, 0.6) is 11.5 Å². The lowest BCUT2D eigenvalue weighted by Gasteiger charge is -2.25. The third-order valence-corrected chi connectivity index (χ3v) is 3.93. The molecule has 1 aromatic heterocycles. The molecule has 8 nitrogen and oxygen atoms in total. The van der Waals surface area contributed by atoms with E-state index in [-0.39, 0.29) is 12.5 Å². The molecule has 1 unspecified atom stereocenters. The number of hydrogen-bond donors (Lipinski definition) is 1. The Morgan fingerprint density at radius 1 is 1.28 bits per heavy atom. The normalized spacial score (nSPS) is 14.8. The van der Waals surface area contributed by atoms with Gasteiger partial charge in [-0.2, -0.15) is 4.98 Å². The van der Waals surface area contributed by atoms with Crippen molar-refractivity contribution in [1.29, 1.82) is 0 Å². The zero-order valence-corrected chi connectivity index (χ0v) is 14.4. The Bertz CT molecular complexity index is 758. The molecule has 2 aromatic rings. The van der Waals surface area contributed by atoms with Crippen molar-refractivity contribution in [2.75, 3.05) is 20.3 Å². The molecule has 0 amide bonds. The standard InChI is InChI=1S/C17H21N3O5/c1-10(2)16-18-14(19-25-16)9-20(3)15(17(21)22)11-4-5-12-13(8-11)24-7-6-23-12/h4-5,8,10,15H,6-7,9H2,1-3H3,(H,21,22). The fourth-order valence-electron chi connectivity index (χ4n) is 2.70. The summed E-state index contributed by atoms with van der Waals surface area (Å²) in [4.78, 5) is 17.8. The van der Waals surface area contributed by atoms with E-state index in [2.05, 4.69) is 10.1 Å². The number of aliphatic carboxylic acids is 1. The van der Waals surface area contributed by atoms with Crippen LogP contribution in [0, 0.1) is 0 Å². The molecule has 0 saturated carbocycles. The minimum absolute atomic E-state index is 0.125. The number of carbonyl (C=O) groups is 1. The highest BCUT2D eigenvalue weighted by Crippen LogP contribution is 2.34. The summed E-state index contributed by atoms with van der Waals surface area (Å²) in [6.45, 7) is 5.10. The number of rotatable bonds is 6. The van der Waals surface area contributed by atoms with Crippen molar-refractivity contribution in [2.24, 2.45) is 0 Å². The van der Waals surface area contributed by atoms with Gasteiger partial charge in [0.25, 0.3) is 0 Å². The molecule has 0 saturated heterocycles. The minimum atomic E-state index is -0.966. The highest BCUT2D eigenvalue weighted by Gasteiger charge is 2.28. The lowest BCUT2D eigenvalue weighted by Crippen LogP contribution is -2.31. The Morgan fingerprint density at radius 3 is 2.64 bits per heavy atom. The predicted molar refractivity (Wildman–Crippen MR) is 87.7 cm³/mol. The van der Waals surface area contributed by atoms with Crippen LogP contribution in [0.25, 0.3) is 0 Å². The summed E-state index contributed by atoms with van der Waals surface area (Å²) >= 11 is 0. The zero-order chi connectivity index (χ0) is 18.0. The average molecular weight is 347 g/mol. The molecule has 1 aromatic carbocycles. The first-order chi connectivity index (χ1) is 12.0. The van der Waals surface area contributed by atoms with E-state index >= 15 is 0 Å². The van der Waals surface area contributed by atoms with Crippen LogP contribution in [0.4, 0.5) is 0 Å². The van der Waals surface area contributed by atoms with E-state index in [9.17, 15) is 9.90 Å². The van der Waals surface area contributed by atoms with E-state index in [0.29, 0.717) is 42.0 Å². The third-order valence-electron chi connectivity index (χ3n) is 3.93. The van der Waals surface area contributed by atoms with Crippen molar-refractivity contribution >= 4 is 5.97 Å². The van der Waals surface area contributed by atoms with E-state index in [1.165, 1.54) is 0 Å². The topological polar surface area (TPSA) is 97.9 Å². The van der Waals surface area contributed by atoms with E-state index in [4.69, 9.17) is 14.0 Å². The van der Waals surface area contributed by atoms with Gasteiger partial charge in [0.15, 0.2) is 17.3 Å². The van der Waals surface area contributed by atoms with E-state index in [0.717, 1.165) is 0 Å². The average Bonchev–Trinajstić information content (AvgIpc) is 3.03. The van der Waals surface area contributed by atoms with E-state index in [1.54, 1.807) is 30.1 Å². The fraction of sp³-hybridized carbons (Fsp3) is 0.471. The smallest absolute Gasteiger partial charge is 0.325 e. The number of carboxylic acid groups (broad SMARTS) is 1. The van der Waals surface area contributed by atoms with Gasteiger partial charge in [0.2, 0.25) is 5.89 Å². The van der Waals surface area contributed by atoms with Crippen LogP contribution in [-0.2, 0) is 11.3 Å². The third kappa shape index (κ3) is 3.74. The monoisotopic (exact) mass is 347 g/mol. The number of hydrogen-bond acceptors (Lipinski definition) is 7. The van der Waals surface area contributed by atoms with Crippen molar-refractivity contribution in [3.05, 3.63) is 35.5 Å². The van der Waals surface area contributed by atoms with Crippen LogP contribution in [-0.4, -0.2) is 46.4 Å². The number of nitrogens with zero attached hydrogens (tertiary/aromatic N) is 3. The first-order valence-electron chi connectivity index (χ1n) is 8.10. The van der Waals surface area contributed by atoms with Gasteiger partial charge in [0.1, 0.15) is 19.3 Å². The van der Waals surface area contributed by atoms with Crippen LogP contribution in [0.15, 0.2) is 22.7 Å². The molecule has 0 spiro atoms. The summed E-state index contributed by atoms with van der Waals surface area (Å²) in [6, 6.07) is 4.31. The molecule has 1 atom stereocenters. The molecule has 0 bridgehead atoms. The lowest BCUT2D eigenvalue weighted by molar-refractivity contribution is -0.143. The van der Waals surface area contributed by atoms with Crippen LogP contribution in [0.2, 0.25) is 0 Å². The molecule has 3 rings (SSSR count). The Balaban J connectivity index is 1.81. The molecule has 1 aliphatic rings. The van der Waals surface area contributed by atoms with Gasteiger partial charge >= 0.3 is 5.97 Å². The summed E-state index contributed by atoms with van der Waals surface area (Å²) < 4.78 is 16.2. The molecule has 25 heavy (non-hydrogen) atoms. The summed E-state index contributed by atoms with van der Waals surface area (Å²) in [7, 11) is 1.71. The summed E-state index contributed by atoms with van der Waals surface area (Å²) in [6.07, 6.45) is 0. The minimum Gasteiger partial charge on any atom is -0.486 e. The van der Waals surface area contributed by atoms with Crippen molar-refractivity contribution in [3.63, 3.8) is 0 Å². The lowest BCUT2D eigenvalue weighted by atomic mass is 10.0. The molecule has 2 heterocycles. The van der Waals surface area contributed by atoms with Crippen molar-refractivity contribution in [2.45, 2.75) is 32.4 Å². The Kier molecular flexibility index (Phi) is 4.89. The van der Waals surface area contributed by atoms with Crippen molar-refractivity contribution in [1.82, 2.24) is 15.0 Å². The van der Waals surface area contributed by atoms with Gasteiger partial charge in [-0.3, -0.25) is 9.69 Å². The van der Waals surface area contributed by atoms with Crippen LogP contribution in [0.1, 0.15) is 43.1 Å². The number of ether oxygens (including phenoxy) is 2. The highest BCUT2D eigenvalue weighted by molar-refractivity contribution is 5.76. The highest BCUT2D eigenvalue weighted by atomic mass is 16.6. The molecule has 0 aliphatic carbocycles. The first kappa shape index (κ1) is 17.2. The fourth-order valence-corrected chi connectivity index (χ4v) is 2.70. The molecular formula is C17H21N3O5. The second-order valence-electron chi connectivity index (χ2n) is 6.26. The molecule has 0 fully saturated rings. The Morgan fingerprint density at radius 2 is 2.00 bits per heavy atom. The van der Waals surface area contributed by atoms with E-state index in [1.807, 2.05) is 13.8 Å².